The molecule has 0 atom stereocenters. The number of nitrogens with one attached hydrogen (secondary N) is 1. The Labute approximate surface area is 160 Å². The number of anilines is 1. The summed E-state index contributed by atoms with van der Waals surface area (Å²) in [5.74, 6) is -0.144. The molecule has 2 aromatic rings. The fourth-order valence-electron chi connectivity index (χ4n) is 2.80. The lowest BCUT2D eigenvalue weighted by Gasteiger charge is -2.21. The van der Waals surface area contributed by atoms with Gasteiger partial charge in [-0.3, -0.25) is 9.59 Å². The average molecular weight is 373 g/mol. The van der Waals surface area contributed by atoms with E-state index in [1.807, 2.05) is 37.3 Å². The van der Waals surface area contributed by atoms with Crippen LogP contribution in [0.1, 0.15) is 37.0 Å². The van der Waals surface area contributed by atoms with Crippen molar-refractivity contribution in [2.24, 2.45) is 0 Å². The minimum absolute atomic E-state index is 0.0575. The van der Waals surface area contributed by atoms with Crippen molar-refractivity contribution in [1.82, 2.24) is 4.90 Å². The van der Waals surface area contributed by atoms with Gasteiger partial charge in [-0.25, -0.2) is 0 Å². The van der Waals surface area contributed by atoms with Crippen LogP contribution in [0.3, 0.4) is 0 Å². The minimum Gasteiger partial charge on any atom is -0.338 e. The molecule has 0 fully saturated rings. The van der Waals surface area contributed by atoms with E-state index in [9.17, 15) is 9.59 Å². The van der Waals surface area contributed by atoms with Crippen LogP contribution in [0.4, 0.5) is 5.69 Å². The third-order valence-electron chi connectivity index (χ3n) is 4.35. The SMILES string of the molecule is CCc1cccc(C)c1NC(=O)CCN(Cc1ccc(Cl)cc1)C(C)=O. The third kappa shape index (κ3) is 5.60. The molecule has 0 aliphatic heterocycles. The van der Waals surface area contributed by atoms with E-state index in [1.54, 1.807) is 17.0 Å². The molecule has 0 aromatic heterocycles. The summed E-state index contributed by atoms with van der Waals surface area (Å²) < 4.78 is 0. The Morgan fingerprint density at radius 2 is 1.81 bits per heavy atom. The smallest absolute Gasteiger partial charge is 0.226 e. The number of amides is 2. The van der Waals surface area contributed by atoms with Gasteiger partial charge in [0, 0.05) is 37.1 Å². The molecular formula is C21H25ClN2O2. The highest BCUT2D eigenvalue weighted by Crippen LogP contribution is 2.21. The second kappa shape index (κ2) is 9.39. The van der Waals surface area contributed by atoms with Gasteiger partial charge in [0.2, 0.25) is 11.8 Å². The zero-order valence-electron chi connectivity index (χ0n) is 15.5. The normalized spacial score (nSPS) is 10.5. The molecule has 0 unspecified atom stereocenters. The van der Waals surface area contributed by atoms with Crippen LogP contribution in [0.5, 0.6) is 0 Å². The molecule has 2 rings (SSSR count). The first-order chi connectivity index (χ1) is 12.4. The highest BCUT2D eigenvalue weighted by molar-refractivity contribution is 6.30. The molecule has 0 heterocycles. The van der Waals surface area contributed by atoms with E-state index in [0.717, 1.165) is 28.8 Å². The van der Waals surface area contributed by atoms with Crippen LogP contribution >= 0.6 is 11.6 Å². The summed E-state index contributed by atoms with van der Waals surface area (Å²) in [6.07, 6.45) is 1.11. The number of rotatable bonds is 7. The van der Waals surface area contributed by atoms with Gasteiger partial charge in [-0.1, -0.05) is 48.9 Å². The molecule has 138 valence electrons. The van der Waals surface area contributed by atoms with E-state index in [4.69, 9.17) is 11.6 Å². The molecule has 0 saturated carbocycles. The predicted molar refractivity (Wildman–Crippen MR) is 106 cm³/mol. The molecule has 0 bridgehead atoms. The fourth-order valence-corrected chi connectivity index (χ4v) is 2.92. The van der Waals surface area contributed by atoms with E-state index in [1.165, 1.54) is 6.92 Å². The van der Waals surface area contributed by atoms with E-state index in [-0.39, 0.29) is 18.2 Å². The lowest BCUT2D eigenvalue weighted by atomic mass is 10.1. The molecular weight excluding hydrogens is 348 g/mol. The monoisotopic (exact) mass is 372 g/mol. The number of para-hydroxylation sites is 1. The number of carbonyl (C=O) groups excluding carboxylic acids is 2. The van der Waals surface area contributed by atoms with Gasteiger partial charge in [0.15, 0.2) is 0 Å². The Morgan fingerprint density at radius 3 is 2.42 bits per heavy atom. The molecule has 1 N–H and O–H groups in total. The number of carbonyl (C=O) groups is 2. The highest BCUT2D eigenvalue weighted by Gasteiger charge is 2.13. The third-order valence-corrected chi connectivity index (χ3v) is 4.60. The first kappa shape index (κ1) is 20.0. The summed E-state index contributed by atoms with van der Waals surface area (Å²) in [7, 11) is 0. The predicted octanol–water partition coefficient (Wildman–Crippen LogP) is 4.59. The van der Waals surface area contributed by atoms with Crippen molar-refractivity contribution >= 4 is 29.1 Å². The standard InChI is InChI=1S/C21H25ClN2O2/c1-4-18-7-5-6-15(2)21(18)23-20(26)12-13-24(16(3)25)14-17-8-10-19(22)11-9-17/h5-11H,4,12-14H2,1-3H3,(H,23,26). The summed E-state index contributed by atoms with van der Waals surface area (Å²) in [6.45, 7) is 6.40. The number of hydrogen-bond acceptors (Lipinski definition) is 2. The number of hydrogen-bond donors (Lipinski definition) is 1. The highest BCUT2D eigenvalue weighted by atomic mass is 35.5. The lowest BCUT2D eigenvalue weighted by Crippen LogP contribution is -2.31. The van der Waals surface area contributed by atoms with Crippen molar-refractivity contribution in [3.63, 3.8) is 0 Å². The van der Waals surface area contributed by atoms with Gasteiger partial charge < -0.3 is 10.2 Å². The van der Waals surface area contributed by atoms with Crippen LogP contribution in [-0.4, -0.2) is 23.3 Å². The number of halogens is 1. The molecule has 26 heavy (non-hydrogen) atoms. The summed E-state index contributed by atoms with van der Waals surface area (Å²) in [4.78, 5) is 26.0. The van der Waals surface area contributed by atoms with Crippen molar-refractivity contribution in [3.05, 3.63) is 64.2 Å². The first-order valence-corrected chi connectivity index (χ1v) is 9.16. The van der Waals surface area contributed by atoms with Gasteiger partial charge in [0.05, 0.1) is 0 Å². The molecule has 0 aliphatic rings. The van der Waals surface area contributed by atoms with E-state index in [0.29, 0.717) is 18.1 Å². The largest absolute Gasteiger partial charge is 0.338 e. The molecule has 0 spiro atoms. The molecule has 2 amide bonds. The Hall–Kier alpha value is -2.33. The Bertz CT molecular complexity index is 772. The summed E-state index contributed by atoms with van der Waals surface area (Å²) in [5.41, 5.74) is 4.02. The maximum Gasteiger partial charge on any atom is 0.226 e. The van der Waals surface area contributed by atoms with Crippen molar-refractivity contribution < 1.29 is 9.59 Å². The molecule has 0 saturated heterocycles. The summed E-state index contributed by atoms with van der Waals surface area (Å²) in [6, 6.07) is 13.4. The Balaban J connectivity index is 1.97. The topological polar surface area (TPSA) is 49.4 Å². The Morgan fingerprint density at radius 1 is 1.12 bits per heavy atom. The second-order valence-corrected chi connectivity index (χ2v) is 6.76. The van der Waals surface area contributed by atoms with E-state index < -0.39 is 0 Å². The van der Waals surface area contributed by atoms with E-state index >= 15 is 0 Å². The van der Waals surface area contributed by atoms with Crippen LogP contribution < -0.4 is 5.32 Å². The van der Waals surface area contributed by atoms with Crippen molar-refractivity contribution in [2.75, 3.05) is 11.9 Å². The second-order valence-electron chi connectivity index (χ2n) is 6.33. The van der Waals surface area contributed by atoms with Crippen LogP contribution in [0, 0.1) is 6.92 Å². The molecule has 0 aliphatic carbocycles. The number of aryl methyl sites for hydroxylation is 2. The first-order valence-electron chi connectivity index (χ1n) is 8.79. The van der Waals surface area contributed by atoms with Crippen LogP contribution in [0.2, 0.25) is 5.02 Å². The quantitative estimate of drug-likeness (QED) is 0.772. The lowest BCUT2D eigenvalue weighted by molar-refractivity contribution is -0.129. The number of benzene rings is 2. The average Bonchev–Trinajstić information content (AvgIpc) is 2.61. The van der Waals surface area contributed by atoms with Crippen molar-refractivity contribution in [3.8, 4) is 0 Å². The fraction of sp³-hybridized carbons (Fsp3) is 0.333. The minimum atomic E-state index is -0.0867. The van der Waals surface area contributed by atoms with Gasteiger partial charge in [-0.2, -0.15) is 0 Å². The van der Waals surface area contributed by atoms with Gasteiger partial charge in [-0.15, -0.1) is 0 Å². The maximum absolute atomic E-state index is 12.4. The molecule has 2 aromatic carbocycles. The number of nitrogens with zero attached hydrogens (tertiary/aromatic N) is 1. The van der Waals surface area contributed by atoms with Gasteiger partial charge in [0.1, 0.15) is 0 Å². The molecule has 4 nitrogen and oxygen atoms in total. The summed E-state index contributed by atoms with van der Waals surface area (Å²) in [5, 5.41) is 3.66. The van der Waals surface area contributed by atoms with Gasteiger partial charge in [-0.05, 0) is 42.2 Å². The van der Waals surface area contributed by atoms with Gasteiger partial charge in [0.25, 0.3) is 0 Å². The van der Waals surface area contributed by atoms with Crippen LogP contribution in [0.25, 0.3) is 0 Å². The Kier molecular flexibility index (Phi) is 7.22. The van der Waals surface area contributed by atoms with Crippen LogP contribution in [-0.2, 0) is 22.6 Å². The van der Waals surface area contributed by atoms with Crippen LogP contribution in [0.15, 0.2) is 42.5 Å². The van der Waals surface area contributed by atoms with Gasteiger partial charge >= 0.3 is 0 Å². The summed E-state index contributed by atoms with van der Waals surface area (Å²) >= 11 is 5.89. The molecule has 0 radical (unpaired) electrons. The van der Waals surface area contributed by atoms with E-state index in [2.05, 4.69) is 12.2 Å². The van der Waals surface area contributed by atoms with Crippen molar-refractivity contribution in [2.45, 2.75) is 40.2 Å². The zero-order valence-corrected chi connectivity index (χ0v) is 16.3. The maximum atomic E-state index is 12.4. The van der Waals surface area contributed by atoms with Crippen molar-refractivity contribution in [1.29, 1.82) is 0 Å². The molecule has 5 heteroatoms. The zero-order chi connectivity index (χ0) is 19.1.